The van der Waals surface area contributed by atoms with Crippen molar-refractivity contribution in [3.05, 3.63) is 0 Å². The van der Waals surface area contributed by atoms with Gasteiger partial charge in [0.15, 0.2) is 0 Å². The van der Waals surface area contributed by atoms with Crippen molar-refractivity contribution >= 4 is 0 Å². The Morgan fingerprint density at radius 3 is 2.83 bits per heavy atom. The number of likely N-dealkylation sites (N-methyl/N-ethyl adjacent to an activating group) is 1. The zero-order valence-corrected chi connectivity index (χ0v) is 8.01. The molecule has 1 unspecified atom stereocenters. The predicted molar refractivity (Wildman–Crippen MR) is 51.9 cm³/mol. The highest BCUT2D eigenvalue weighted by atomic mass is 15.1. The lowest BCUT2D eigenvalue weighted by atomic mass is 10.3. The molecule has 0 spiro atoms. The molecule has 12 heavy (non-hydrogen) atoms. The van der Waals surface area contributed by atoms with Gasteiger partial charge in [-0.1, -0.05) is 5.92 Å². The van der Waals surface area contributed by atoms with E-state index in [-0.39, 0.29) is 0 Å². The molecule has 0 heterocycles. The van der Waals surface area contributed by atoms with Gasteiger partial charge in [0.25, 0.3) is 0 Å². The maximum atomic E-state index is 5.22. The molecule has 0 aliphatic heterocycles. The van der Waals surface area contributed by atoms with Crippen molar-refractivity contribution in [2.75, 3.05) is 20.1 Å². The second-order valence-electron chi connectivity index (χ2n) is 3.65. The molecule has 2 nitrogen and oxygen atoms in total. The van der Waals surface area contributed by atoms with Gasteiger partial charge in [0.1, 0.15) is 0 Å². The third-order valence-corrected chi connectivity index (χ3v) is 2.37. The number of rotatable bonds is 5. The topological polar surface area (TPSA) is 15.3 Å². The molecule has 0 aromatic carbocycles. The van der Waals surface area contributed by atoms with Crippen molar-refractivity contribution in [2.45, 2.75) is 31.8 Å². The van der Waals surface area contributed by atoms with E-state index in [9.17, 15) is 0 Å². The van der Waals surface area contributed by atoms with Crippen molar-refractivity contribution in [1.29, 1.82) is 0 Å². The fraction of sp³-hybridized carbons (Fsp3) is 0.800. The number of hydrogen-bond acceptors (Lipinski definition) is 2. The second kappa shape index (κ2) is 4.49. The van der Waals surface area contributed by atoms with Crippen LogP contribution in [-0.4, -0.2) is 37.1 Å². The van der Waals surface area contributed by atoms with Gasteiger partial charge in [0.05, 0.1) is 6.54 Å². The molecule has 0 aromatic heterocycles. The molecule has 0 aromatic rings. The molecule has 0 amide bonds. The highest BCUT2D eigenvalue weighted by molar-refractivity contribution is 4.89. The lowest BCUT2D eigenvalue weighted by molar-refractivity contribution is 0.279. The Balaban J connectivity index is 2.08. The first-order valence-electron chi connectivity index (χ1n) is 4.61. The summed E-state index contributed by atoms with van der Waals surface area (Å²) in [5, 5.41) is 3.49. The number of hydrogen-bond donors (Lipinski definition) is 1. The Kier molecular flexibility index (Phi) is 3.58. The average Bonchev–Trinajstić information content (AvgIpc) is 2.83. The summed E-state index contributed by atoms with van der Waals surface area (Å²) in [4.78, 5) is 2.19. The van der Waals surface area contributed by atoms with Crippen LogP contribution < -0.4 is 5.32 Å². The summed E-state index contributed by atoms with van der Waals surface area (Å²) < 4.78 is 0. The zero-order valence-electron chi connectivity index (χ0n) is 8.01. The molecule has 1 fully saturated rings. The predicted octanol–water partition coefficient (Wildman–Crippen LogP) is 0.692. The minimum absolute atomic E-state index is 0.543. The van der Waals surface area contributed by atoms with Gasteiger partial charge >= 0.3 is 0 Å². The molecule has 1 atom stereocenters. The smallest absolute Gasteiger partial charge is 0.0599 e. The monoisotopic (exact) mass is 166 g/mol. The minimum Gasteiger partial charge on any atom is -0.312 e. The first-order chi connectivity index (χ1) is 5.74. The van der Waals surface area contributed by atoms with E-state index in [1.165, 1.54) is 12.8 Å². The van der Waals surface area contributed by atoms with Crippen LogP contribution in [0, 0.1) is 12.3 Å². The van der Waals surface area contributed by atoms with Gasteiger partial charge in [-0.25, -0.2) is 0 Å². The van der Waals surface area contributed by atoms with E-state index in [0.29, 0.717) is 6.04 Å². The molecule has 0 saturated heterocycles. The SMILES string of the molecule is C#CCN(C)C(C)CNC1CC1. The van der Waals surface area contributed by atoms with Gasteiger partial charge < -0.3 is 5.32 Å². The molecule has 1 saturated carbocycles. The van der Waals surface area contributed by atoms with Crippen molar-refractivity contribution in [2.24, 2.45) is 0 Å². The summed E-state index contributed by atoms with van der Waals surface area (Å²) in [6, 6.07) is 1.34. The number of nitrogens with zero attached hydrogens (tertiary/aromatic N) is 1. The Labute approximate surface area is 75.3 Å². The van der Waals surface area contributed by atoms with Crippen LogP contribution in [0.2, 0.25) is 0 Å². The molecule has 2 heteroatoms. The van der Waals surface area contributed by atoms with E-state index >= 15 is 0 Å². The van der Waals surface area contributed by atoms with Crippen molar-refractivity contribution < 1.29 is 0 Å². The van der Waals surface area contributed by atoms with Crippen molar-refractivity contribution in [1.82, 2.24) is 10.2 Å². The van der Waals surface area contributed by atoms with E-state index in [1.807, 2.05) is 0 Å². The Morgan fingerprint density at radius 2 is 2.33 bits per heavy atom. The van der Waals surface area contributed by atoms with Crippen LogP contribution in [0.3, 0.4) is 0 Å². The highest BCUT2D eigenvalue weighted by Gasteiger charge is 2.21. The summed E-state index contributed by atoms with van der Waals surface area (Å²) in [6.07, 6.45) is 7.93. The largest absolute Gasteiger partial charge is 0.312 e. The Hall–Kier alpha value is -0.520. The zero-order chi connectivity index (χ0) is 8.97. The first-order valence-corrected chi connectivity index (χ1v) is 4.61. The quantitative estimate of drug-likeness (QED) is 0.605. The van der Waals surface area contributed by atoms with Crippen LogP contribution >= 0.6 is 0 Å². The lowest BCUT2D eigenvalue weighted by Gasteiger charge is -2.22. The fourth-order valence-electron chi connectivity index (χ4n) is 1.08. The Bertz CT molecular complexity index is 167. The molecule has 1 N–H and O–H groups in total. The van der Waals surface area contributed by atoms with E-state index in [0.717, 1.165) is 19.1 Å². The molecule has 68 valence electrons. The summed E-state index contributed by atoms with van der Waals surface area (Å²) in [6.45, 7) is 4.00. The van der Waals surface area contributed by atoms with Gasteiger partial charge in [-0.3, -0.25) is 4.90 Å². The van der Waals surface area contributed by atoms with Crippen molar-refractivity contribution in [3.63, 3.8) is 0 Å². The molecular formula is C10H18N2. The van der Waals surface area contributed by atoms with E-state index in [1.54, 1.807) is 0 Å². The average molecular weight is 166 g/mol. The maximum Gasteiger partial charge on any atom is 0.0599 e. The van der Waals surface area contributed by atoms with E-state index in [2.05, 4.69) is 30.1 Å². The standard InChI is InChI=1S/C10H18N2/c1-4-7-12(3)9(2)8-11-10-5-6-10/h1,9-11H,5-8H2,2-3H3. The molecule has 1 aliphatic rings. The Morgan fingerprint density at radius 1 is 1.67 bits per heavy atom. The molecule has 1 aliphatic carbocycles. The van der Waals surface area contributed by atoms with E-state index < -0.39 is 0 Å². The number of nitrogens with one attached hydrogen (secondary N) is 1. The molecule has 0 bridgehead atoms. The summed E-state index contributed by atoms with van der Waals surface area (Å²) in [5.74, 6) is 2.65. The number of terminal acetylenes is 1. The van der Waals surface area contributed by atoms with Crippen LogP contribution in [0.1, 0.15) is 19.8 Å². The third-order valence-electron chi connectivity index (χ3n) is 2.37. The summed E-state index contributed by atoms with van der Waals surface area (Å²) in [7, 11) is 2.07. The lowest BCUT2D eigenvalue weighted by Crippen LogP contribution is -2.38. The van der Waals surface area contributed by atoms with E-state index in [4.69, 9.17) is 6.42 Å². The van der Waals surface area contributed by atoms with Gasteiger partial charge in [-0.15, -0.1) is 6.42 Å². The third kappa shape index (κ3) is 3.25. The van der Waals surface area contributed by atoms with Gasteiger partial charge in [0.2, 0.25) is 0 Å². The van der Waals surface area contributed by atoms with Crippen LogP contribution in [0.25, 0.3) is 0 Å². The summed E-state index contributed by atoms with van der Waals surface area (Å²) >= 11 is 0. The van der Waals surface area contributed by atoms with Gasteiger partial charge in [-0.05, 0) is 26.8 Å². The van der Waals surface area contributed by atoms with Crippen LogP contribution in [-0.2, 0) is 0 Å². The highest BCUT2D eigenvalue weighted by Crippen LogP contribution is 2.18. The molecule has 1 rings (SSSR count). The van der Waals surface area contributed by atoms with Crippen LogP contribution in [0.4, 0.5) is 0 Å². The maximum absolute atomic E-state index is 5.22. The second-order valence-corrected chi connectivity index (χ2v) is 3.65. The van der Waals surface area contributed by atoms with Crippen molar-refractivity contribution in [3.8, 4) is 12.3 Å². The first kappa shape index (κ1) is 9.57. The van der Waals surface area contributed by atoms with Crippen LogP contribution in [0.15, 0.2) is 0 Å². The van der Waals surface area contributed by atoms with Crippen LogP contribution in [0.5, 0.6) is 0 Å². The normalized spacial score (nSPS) is 19.2. The molecule has 0 radical (unpaired) electrons. The summed E-state index contributed by atoms with van der Waals surface area (Å²) in [5.41, 5.74) is 0. The van der Waals surface area contributed by atoms with Gasteiger partial charge in [0, 0.05) is 18.6 Å². The molecular weight excluding hydrogens is 148 g/mol. The van der Waals surface area contributed by atoms with Gasteiger partial charge in [-0.2, -0.15) is 0 Å². The minimum atomic E-state index is 0.543. The fourth-order valence-corrected chi connectivity index (χ4v) is 1.08.